The van der Waals surface area contributed by atoms with Crippen LogP contribution in [0.2, 0.25) is 0 Å². The van der Waals surface area contributed by atoms with Gasteiger partial charge in [-0.3, -0.25) is 4.79 Å². The molecule has 2 heterocycles. The van der Waals surface area contributed by atoms with E-state index in [1.807, 2.05) is 0 Å². The van der Waals surface area contributed by atoms with Gasteiger partial charge < -0.3 is 10.6 Å². The average molecular weight is 323 g/mol. The Bertz CT molecular complexity index is 702. The molecule has 1 atom stereocenters. The first-order valence-corrected chi connectivity index (χ1v) is 9.00. The molecule has 6 nitrogen and oxygen atoms in total. The van der Waals surface area contributed by atoms with Crippen molar-refractivity contribution in [3.63, 3.8) is 0 Å². The molecule has 0 unspecified atom stereocenters. The monoisotopic (exact) mass is 323 g/mol. The molecule has 1 aromatic rings. The molecule has 0 saturated carbocycles. The third-order valence-corrected chi connectivity index (χ3v) is 6.25. The SMILES string of the molecule is CC(=O)N1CCc2cc(S(=O)(=O)N3CCC[C@@H](N)C3)ccc21. The minimum absolute atomic E-state index is 0.0173. The molecule has 1 amide bonds. The van der Waals surface area contributed by atoms with E-state index < -0.39 is 10.0 Å². The van der Waals surface area contributed by atoms with Crippen LogP contribution in [-0.2, 0) is 21.2 Å². The van der Waals surface area contributed by atoms with Crippen LogP contribution in [0.5, 0.6) is 0 Å². The Hall–Kier alpha value is -1.44. The number of nitrogens with zero attached hydrogens (tertiary/aromatic N) is 2. The lowest BCUT2D eigenvalue weighted by Crippen LogP contribution is -2.45. The van der Waals surface area contributed by atoms with Gasteiger partial charge in [0.05, 0.1) is 4.90 Å². The molecule has 0 aliphatic carbocycles. The Labute approximate surface area is 130 Å². The smallest absolute Gasteiger partial charge is 0.243 e. The summed E-state index contributed by atoms with van der Waals surface area (Å²) in [6.45, 7) is 3.03. The number of carbonyl (C=O) groups excluding carboxylic acids is 1. The highest BCUT2D eigenvalue weighted by atomic mass is 32.2. The maximum Gasteiger partial charge on any atom is 0.243 e. The van der Waals surface area contributed by atoms with Crippen molar-refractivity contribution in [3.8, 4) is 0 Å². The second-order valence-corrected chi connectivity index (χ2v) is 7.91. The van der Waals surface area contributed by atoms with Crippen molar-refractivity contribution in [1.29, 1.82) is 0 Å². The first kappa shape index (κ1) is 15.5. The van der Waals surface area contributed by atoms with E-state index in [0.717, 1.165) is 24.1 Å². The Kier molecular flexibility index (Phi) is 3.96. The summed E-state index contributed by atoms with van der Waals surface area (Å²) in [6, 6.07) is 4.94. The number of nitrogens with two attached hydrogens (primary N) is 1. The maximum absolute atomic E-state index is 12.7. The van der Waals surface area contributed by atoms with Gasteiger partial charge in [0.2, 0.25) is 15.9 Å². The zero-order chi connectivity index (χ0) is 15.9. The van der Waals surface area contributed by atoms with Crippen LogP contribution in [0.15, 0.2) is 23.1 Å². The molecule has 0 bridgehead atoms. The van der Waals surface area contributed by atoms with E-state index in [4.69, 9.17) is 5.73 Å². The van der Waals surface area contributed by atoms with Crippen molar-refractivity contribution in [2.45, 2.75) is 37.1 Å². The molecule has 1 aromatic carbocycles. The molecule has 1 saturated heterocycles. The van der Waals surface area contributed by atoms with Gasteiger partial charge in [0.25, 0.3) is 0 Å². The zero-order valence-electron chi connectivity index (χ0n) is 12.7. The van der Waals surface area contributed by atoms with Gasteiger partial charge in [-0.2, -0.15) is 4.31 Å². The van der Waals surface area contributed by atoms with Gasteiger partial charge in [0, 0.05) is 38.3 Å². The number of anilines is 1. The van der Waals surface area contributed by atoms with E-state index in [1.54, 1.807) is 23.1 Å². The highest BCUT2D eigenvalue weighted by Gasteiger charge is 2.30. The highest BCUT2D eigenvalue weighted by Crippen LogP contribution is 2.31. The van der Waals surface area contributed by atoms with Crippen molar-refractivity contribution in [3.05, 3.63) is 23.8 Å². The average Bonchev–Trinajstić information content (AvgIpc) is 2.90. The van der Waals surface area contributed by atoms with Crippen molar-refractivity contribution in [1.82, 2.24) is 4.31 Å². The van der Waals surface area contributed by atoms with Crippen LogP contribution in [0, 0.1) is 0 Å². The predicted octanol–water partition coefficient (Wildman–Crippen LogP) is 0.707. The maximum atomic E-state index is 12.7. The lowest BCUT2D eigenvalue weighted by atomic mass is 10.1. The van der Waals surface area contributed by atoms with Gasteiger partial charge in [0.1, 0.15) is 0 Å². The molecule has 7 heteroatoms. The molecule has 0 spiro atoms. The van der Waals surface area contributed by atoms with Gasteiger partial charge in [-0.15, -0.1) is 0 Å². The van der Waals surface area contributed by atoms with E-state index in [0.29, 0.717) is 31.0 Å². The molecule has 3 rings (SSSR count). The number of hydrogen-bond donors (Lipinski definition) is 1. The molecule has 0 aromatic heterocycles. The largest absolute Gasteiger partial charge is 0.327 e. The number of fused-ring (bicyclic) bond motifs is 1. The molecule has 2 aliphatic rings. The summed E-state index contributed by atoms with van der Waals surface area (Å²) in [5.41, 5.74) is 7.63. The van der Waals surface area contributed by atoms with E-state index in [1.165, 1.54) is 11.2 Å². The third-order valence-electron chi connectivity index (χ3n) is 4.38. The predicted molar refractivity (Wildman–Crippen MR) is 84.1 cm³/mol. The van der Waals surface area contributed by atoms with Gasteiger partial charge in [0.15, 0.2) is 0 Å². The number of hydrogen-bond acceptors (Lipinski definition) is 4. The molecular weight excluding hydrogens is 302 g/mol. The second kappa shape index (κ2) is 5.64. The number of rotatable bonds is 2. The van der Waals surface area contributed by atoms with Gasteiger partial charge in [-0.1, -0.05) is 0 Å². The fourth-order valence-corrected chi connectivity index (χ4v) is 4.79. The summed E-state index contributed by atoms with van der Waals surface area (Å²) in [7, 11) is -3.50. The van der Waals surface area contributed by atoms with Crippen molar-refractivity contribution in [2.75, 3.05) is 24.5 Å². The number of sulfonamides is 1. The van der Waals surface area contributed by atoms with E-state index in [2.05, 4.69) is 0 Å². The topological polar surface area (TPSA) is 83.7 Å². The Balaban J connectivity index is 1.91. The van der Waals surface area contributed by atoms with Crippen LogP contribution in [0.3, 0.4) is 0 Å². The van der Waals surface area contributed by atoms with E-state index in [-0.39, 0.29) is 11.9 Å². The van der Waals surface area contributed by atoms with Gasteiger partial charge in [-0.05, 0) is 43.0 Å². The van der Waals surface area contributed by atoms with Crippen LogP contribution in [0.4, 0.5) is 5.69 Å². The minimum Gasteiger partial charge on any atom is -0.327 e. The first-order chi connectivity index (χ1) is 10.4. The molecule has 1 fully saturated rings. The van der Waals surface area contributed by atoms with Gasteiger partial charge >= 0.3 is 0 Å². The fourth-order valence-electron chi connectivity index (χ4n) is 3.21. The molecule has 22 heavy (non-hydrogen) atoms. The third kappa shape index (κ3) is 2.64. The minimum atomic E-state index is -3.50. The Morgan fingerprint density at radius 3 is 2.77 bits per heavy atom. The summed E-state index contributed by atoms with van der Waals surface area (Å²) < 4.78 is 26.9. The number of amides is 1. The zero-order valence-corrected chi connectivity index (χ0v) is 13.5. The summed E-state index contributed by atoms with van der Waals surface area (Å²) >= 11 is 0. The summed E-state index contributed by atoms with van der Waals surface area (Å²) in [5.74, 6) is -0.0173. The van der Waals surface area contributed by atoms with Crippen LogP contribution >= 0.6 is 0 Å². The number of benzene rings is 1. The van der Waals surface area contributed by atoms with Crippen molar-refractivity contribution in [2.24, 2.45) is 5.73 Å². The Morgan fingerprint density at radius 2 is 2.09 bits per heavy atom. The van der Waals surface area contributed by atoms with Crippen LogP contribution in [0.1, 0.15) is 25.3 Å². The molecule has 2 aliphatic heterocycles. The van der Waals surface area contributed by atoms with E-state index in [9.17, 15) is 13.2 Å². The normalized spacial score (nSPS) is 22.6. The molecular formula is C15H21N3O3S. The highest BCUT2D eigenvalue weighted by molar-refractivity contribution is 7.89. The van der Waals surface area contributed by atoms with Crippen molar-refractivity contribution < 1.29 is 13.2 Å². The van der Waals surface area contributed by atoms with Crippen LogP contribution < -0.4 is 10.6 Å². The first-order valence-electron chi connectivity index (χ1n) is 7.56. The Morgan fingerprint density at radius 1 is 1.32 bits per heavy atom. The lowest BCUT2D eigenvalue weighted by Gasteiger charge is -2.30. The van der Waals surface area contributed by atoms with Crippen LogP contribution in [-0.4, -0.2) is 44.3 Å². The number of carbonyl (C=O) groups is 1. The molecule has 0 radical (unpaired) electrons. The number of piperidine rings is 1. The molecule has 120 valence electrons. The van der Waals surface area contributed by atoms with Crippen LogP contribution in [0.25, 0.3) is 0 Å². The lowest BCUT2D eigenvalue weighted by molar-refractivity contribution is -0.116. The summed E-state index contributed by atoms with van der Waals surface area (Å²) in [6.07, 6.45) is 2.35. The fraction of sp³-hybridized carbons (Fsp3) is 0.533. The summed E-state index contributed by atoms with van der Waals surface area (Å²) in [4.78, 5) is 13.5. The standard InChI is InChI=1S/C15H21N3O3S/c1-11(19)18-8-6-12-9-14(4-5-15(12)18)22(20,21)17-7-2-3-13(16)10-17/h4-5,9,13H,2-3,6-8,10,16H2,1H3/t13-/m1/s1. The summed E-state index contributed by atoms with van der Waals surface area (Å²) in [5, 5.41) is 0. The van der Waals surface area contributed by atoms with E-state index >= 15 is 0 Å². The van der Waals surface area contributed by atoms with Gasteiger partial charge in [-0.25, -0.2) is 8.42 Å². The second-order valence-electron chi connectivity index (χ2n) is 5.98. The van der Waals surface area contributed by atoms with Crippen molar-refractivity contribution >= 4 is 21.6 Å². The molecule has 2 N–H and O–H groups in total. The quantitative estimate of drug-likeness (QED) is 0.869.